The van der Waals surface area contributed by atoms with Crippen LogP contribution in [0.4, 0.5) is 26.0 Å². The fourth-order valence-corrected chi connectivity index (χ4v) is 5.05. The Hall–Kier alpha value is -3.46. The van der Waals surface area contributed by atoms with Gasteiger partial charge in [-0.15, -0.1) is 0 Å². The van der Waals surface area contributed by atoms with Gasteiger partial charge in [-0.1, -0.05) is 60.1 Å². The minimum atomic E-state index is -0.941. The van der Waals surface area contributed by atoms with Crippen molar-refractivity contribution < 1.29 is 37.3 Å². The summed E-state index contributed by atoms with van der Waals surface area (Å²) in [6.07, 6.45) is 4.02. The largest absolute Gasteiger partial charge is 0.489 e. The zero-order valence-corrected chi connectivity index (χ0v) is 33.8. The molecule has 0 radical (unpaired) electrons. The molecule has 1 aromatic heterocycles. The van der Waals surface area contributed by atoms with E-state index in [0.717, 1.165) is 13.0 Å². The van der Waals surface area contributed by atoms with Gasteiger partial charge in [0.1, 0.15) is 30.3 Å². The lowest BCUT2D eigenvalue weighted by Crippen LogP contribution is -2.36. The summed E-state index contributed by atoms with van der Waals surface area (Å²) < 4.78 is 55.9. The summed E-state index contributed by atoms with van der Waals surface area (Å²) in [7, 11) is 1.53. The third-order valence-electron chi connectivity index (χ3n) is 7.15. The fraction of sp³-hybridized carbons (Fsp3) is 0.564. The van der Waals surface area contributed by atoms with Crippen molar-refractivity contribution in [2.45, 2.75) is 87.0 Å². The average molecular weight is 768 g/mol. The van der Waals surface area contributed by atoms with Crippen molar-refractivity contribution in [2.24, 2.45) is 0 Å². The van der Waals surface area contributed by atoms with Crippen molar-refractivity contribution in [3.8, 4) is 5.75 Å². The molecule has 3 heterocycles. The molecule has 0 bridgehead atoms. The van der Waals surface area contributed by atoms with Crippen molar-refractivity contribution >= 4 is 45.6 Å². The number of anilines is 3. The molecule has 298 valence electrons. The van der Waals surface area contributed by atoms with Gasteiger partial charge >= 0.3 is 0 Å². The summed E-state index contributed by atoms with van der Waals surface area (Å²) in [5.41, 5.74) is 1.19. The third kappa shape index (κ3) is 16.2. The molecule has 2 aliphatic rings. The molecule has 5 rings (SSSR count). The number of nitrogens with one attached hydrogen (secondary N) is 2. The van der Waals surface area contributed by atoms with Gasteiger partial charge in [0.25, 0.3) is 5.91 Å². The van der Waals surface area contributed by atoms with Crippen molar-refractivity contribution in [3.05, 3.63) is 59.4 Å². The van der Waals surface area contributed by atoms with Crippen LogP contribution in [0.5, 0.6) is 5.75 Å². The van der Waals surface area contributed by atoms with Gasteiger partial charge in [0.15, 0.2) is 5.83 Å². The molecule has 53 heavy (non-hydrogen) atoms. The Morgan fingerprint density at radius 2 is 1.68 bits per heavy atom. The normalized spacial score (nSPS) is 16.4. The van der Waals surface area contributed by atoms with Crippen LogP contribution in [0.25, 0.3) is 10.9 Å². The van der Waals surface area contributed by atoms with E-state index in [1.807, 2.05) is 46.4 Å². The standard InChI is InChI=1S/C27H28ClF2N5O5.C6H14O.3C2H6/c1-37-6-7-38-23-12-21-17(26(32-15-31-21)33-16-2-3-19(29)18(28)10-16)11-22(23)34-27(36)20(30)4-5-35-13-24-25(14-35)40-9-8-39-24;1-4-5-7-6(2)3;3*1-2/h2-4,10-12,15,24-25H,5-9,13-14H2,1H3,(H,34,36)(H,31,32,33);6H,4-5H2,1-3H3;3*1-2H3/b20-4-;;;;. The number of carbonyl (C=O) groups excluding carboxylic acids is 1. The monoisotopic (exact) mass is 767 g/mol. The quantitative estimate of drug-likeness (QED) is 0.129. The van der Waals surface area contributed by atoms with Crippen LogP contribution < -0.4 is 15.4 Å². The number of hydrogen-bond acceptors (Lipinski definition) is 10. The fourth-order valence-electron chi connectivity index (χ4n) is 4.87. The van der Waals surface area contributed by atoms with E-state index >= 15 is 0 Å². The predicted molar refractivity (Wildman–Crippen MR) is 211 cm³/mol. The number of hydrogen-bond donors (Lipinski definition) is 2. The van der Waals surface area contributed by atoms with E-state index in [2.05, 4.69) is 41.4 Å². The van der Waals surface area contributed by atoms with Crippen LogP contribution in [0.3, 0.4) is 0 Å². The molecule has 2 aliphatic heterocycles. The number of likely N-dealkylation sites (tertiary alicyclic amines) is 1. The number of benzene rings is 2. The van der Waals surface area contributed by atoms with E-state index in [-0.39, 0.29) is 41.8 Å². The second-order valence-corrected chi connectivity index (χ2v) is 11.6. The zero-order chi connectivity index (χ0) is 39.8. The number of rotatable bonds is 13. The molecule has 0 saturated carbocycles. The Labute approximate surface area is 319 Å². The molecule has 1 amide bonds. The maximum Gasteiger partial charge on any atom is 0.284 e. The van der Waals surface area contributed by atoms with Crippen molar-refractivity contribution in [1.29, 1.82) is 0 Å². The highest BCUT2D eigenvalue weighted by atomic mass is 35.5. The smallest absolute Gasteiger partial charge is 0.284 e. The van der Waals surface area contributed by atoms with E-state index < -0.39 is 17.6 Å². The van der Waals surface area contributed by atoms with Gasteiger partial charge in [-0.2, -0.15) is 0 Å². The number of methoxy groups -OCH3 is 1. The van der Waals surface area contributed by atoms with Crippen molar-refractivity contribution in [2.75, 3.05) is 70.4 Å². The topological polar surface area (TPSA) is 116 Å². The predicted octanol–water partition coefficient (Wildman–Crippen LogP) is 8.98. The molecule has 2 fully saturated rings. The van der Waals surface area contributed by atoms with Gasteiger partial charge in [-0.3, -0.25) is 9.69 Å². The Bertz CT molecular complexity index is 1500. The first-order chi connectivity index (χ1) is 25.7. The molecule has 2 saturated heterocycles. The van der Waals surface area contributed by atoms with Gasteiger partial charge in [-0.25, -0.2) is 18.7 Å². The van der Waals surface area contributed by atoms with Crippen LogP contribution >= 0.6 is 11.6 Å². The minimum Gasteiger partial charge on any atom is -0.489 e. The number of nitrogens with zero attached hydrogens (tertiary/aromatic N) is 3. The summed E-state index contributed by atoms with van der Waals surface area (Å²) in [6, 6.07) is 7.35. The Morgan fingerprint density at radius 1 is 1.02 bits per heavy atom. The molecular formula is C39H60ClF2N5O6. The van der Waals surface area contributed by atoms with E-state index in [0.29, 0.717) is 61.4 Å². The first-order valence-electron chi connectivity index (χ1n) is 18.5. The number of halogens is 3. The van der Waals surface area contributed by atoms with Gasteiger partial charge in [0.05, 0.1) is 54.4 Å². The summed E-state index contributed by atoms with van der Waals surface area (Å²) in [5.74, 6) is -1.79. The van der Waals surface area contributed by atoms with E-state index in [1.54, 1.807) is 12.1 Å². The van der Waals surface area contributed by atoms with Crippen LogP contribution in [0.2, 0.25) is 5.02 Å². The Morgan fingerprint density at radius 3 is 2.25 bits per heavy atom. The SMILES string of the molecule is CC.CC.CC.CCCOC(C)C.COCCOc1cc2ncnc(Nc3ccc(F)c(Cl)c3)c2cc1NC(=O)/C(F)=C/CN1CC2OCCOC2C1. The van der Waals surface area contributed by atoms with Crippen LogP contribution in [0.1, 0.15) is 68.7 Å². The van der Waals surface area contributed by atoms with E-state index in [4.69, 9.17) is 35.3 Å². The lowest BCUT2D eigenvalue weighted by Gasteiger charge is -2.24. The second-order valence-electron chi connectivity index (χ2n) is 11.1. The van der Waals surface area contributed by atoms with Crippen LogP contribution in [0.15, 0.2) is 48.6 Å². The lowest BCUT2D eigenvalue weighted by molar-refractivity contribution is -0.116. The minimum absolute atomic E-state index is 0.0422. The van der Waals surface area contributed by atoms with Crippen LogP contribution in [-0.4, -0.2) is 98.9 Å². The molecule has 2 atom stereocenters. The second kappa shape index (κ2) is 27.2. The molecule has 0 spiro atoms. The highest BCUT2D eigenvalue weighted by molar-refractivity contribution is 6.31. The zero-order valence-electron chi connectivity index (χ0n) is 33.1. The van der Waals surface area contributed by atoms with Crippen LogP contribution in [-0.2, 0) is 23.7 Å². The summed E-state index contributed by atoms with van der Waals surface area (Å²) >= 11 is 5.91. The summed E-state index contributed by atoms with van der Waals surface area (Å²) in [6.45, 7) is 22.1. The van der Waals surface area contributed by atoms with Crippen LogP contribution in [0, 0.1) is 5.82 Å². The highest BCUT2D eigenvalue weighted by Gasteiger charge is 2.36. The number of fused-ring (bicyclic) bond motifs is 2. The van der Waals surface area contributed by atoms with Gasteiger partial charge in [0, 0.05) is 50.5 Å². The van der Waals surface area contributed by atoms with E-state index in [9.17, 15) is 13.6 Å². The van der Waals surface area contributed by atoms with Gasteiger partial charge < -0.3 is 34.3 Å². The third-order valence-corrected chi connectivity index (χ3v) is 7.44. The molecule has 3 aromatic rings. The summed E-state index contributed by atoms with van der Waals surface area (Å²) in [5, 5.41) is 6.11. The maximum atomic E-state index is 14.9. The molecule has 11 nitrogen and oxygen atoms in total. The number of aromatic nitrogens is 2. The first-order valence-corrected chi connectivity index (χ1v) is 18.9. The van der Waals surface area contributed by atoms with Crippen molar-refractivity contribution in [3.63, 3.8) is 0 Å². The number of amides is 1. The molecular weight excluding hydrogens is 708 g/mol. The molecule has 2 unspecified atom stereocenters. The molecule has 14 heteroatoms. The summed E-state index contributed by atoms with van der Waals surface area (Å²) in [4.78, 5) is 23.4. The first kappa shape index (κ1) is 47.6. The molecule has 2 aromatic carbocycles. The molecule has 2 N–H and O–H groups in total. The number of carbonyl (C=O) groups is 1. The molecule has 0 aliphatic carbocycles. The Balaban J connectivity index is 0.000000947. The highest BCUT2D eigenvalue weighted by Crippen LogP contribution is 2.34. The van der Waals surface area contributed by atoms with Crippen molar-refractivity contribution in [1.82, 2.24) is 14.9 Å². The lowest BCUT2D eigenvalue weighted by atomic mass is 10.1. The number of ether oxygens (including phenoxy) is 5. The van der Waals surface area contributed by atoms with Gasteiger partial charge in [0.2, 0.25) is 0 Å². The van der Waals surface area contributed by atoms with E-state index in [1.165, 1.54) is 37.7 Å². The maximum absolute atomic E-state index is 14.9. The average Bonchev–Trinajstić information content (AvgIpc) is 3.61. The Kier molecular flexibility index (Phi) is 24.4. The van der Waals surface area contributed by atoms with Gasteiger partial charge in [-0.05, 0) is 50.6 Å².